The molecule has 11 nitrogen and oxygen atoms in total. The van der Waals surface area contributed by atoms with Gasteiger partial charge in [0.2, 0.25) is 5.91 Å². The molecule has 3 aromatic heterocycles. The third kappa shape index (κ3) is 5.49. The van der Waals surface area contributed by atoms with Gasteiger partial charge in [-0.25, -0.2) is 0 Å². The fourth-order valence-corrected chi connectivity index (χ4v) is 4.02. The molecule has 176 valence electrons. The van der Waals surface area contributed by atoms with Crippen molar-refractivity contribution in [2.75, 3.05) is 57.5 Å². The third-order valence-corrected chi connectivity index (χ3v) is 5.88. The van der Waals surface area contributed by atoms with Crippen molar-refractivity contribution < 1.29 is 18.7 Å². The fourth-order valence-electron chi connectivity index (χ4n) is 4.02. The number of carbonyl (C=O) groups excluding carboxylic acids is 1. The number of hydrogen-bond acceptors (Lipinski definition) is 9. The van der Waals surface area contributed by atoms with Gasteiger partial charge in [-0.05, 0) is 24.3 Å². The van der Waals surface area contributed by atoms with Crippen LogP contribution in [0.2, 0.25) is 0 Å². The summed E-state index contributed by atoms with van der Waals surface area (Å²) in [6, 6.07) is 7.73. The first-order chi connectivity index (χ1) is 16.2. The molecule has 2 fully saturated rings. The zero-order valence-corrected chi connectivity index (χ0v) is 18.6. The Kier molecular flexibility index (Phi) is 6.79. The Hall–Kier alpha value is -3.02. The Balaban J connectivity index is 1.12. The van der Waals surface area contributed by atoms with Gasteiger partial charge in [0.05, 0.1) is 39.5 Å². The maximum atomic E-state index is 12.4. The molecule has 0 spiro atoms. The highest BCUT2D eigenvalue weighted by molar-refractivity contribution is 5.76. The van der Waals surface area contributed by atoms with Gasteiger partial charge >= 0.3 is 0 Å². The van der Waals surface area contributed by atoms with Gasteiger partial charge in [0.15, 0.2) is 11.5 Å². The van der Waals surface area contributed by atoms with Gasteiger partial charge in [0.25, 0.3) is 0 Å². The number of furan rings is 1. The highest BCUT2D eigenvalue weighted by Crippen LogP contribution is 2.15. The number of morpholine rings is 2. The lowest BCUT2D eigenvalue weighted by Gasteiger charge is -2.27. The molecule has 11 heteroatoms. The molecule has 0 aromatic carbocycles. The number of aryl methyl sites for hydroxylation is 1. The van der Waals surface area contributed by atoms with Crippen LogP contribution in [0.4, 0.5) is 5.82 Å². The van der Waals surface area contributed by atoms with E-state index in [1.165, 1.54) is 0 Å². The molecule has 0 unspecified atom stereocenters. The molecule has 0 aliphatic carbocycles. The maximum absolute atomic E-state index is 12.4. The van der Waals surface area contributed by atoms with E-state index < -0.39 is 0 Å². The maximum Gasteiger partial charge on any atom is 0.220 e. The van der Waals surface area contributed by atoms with Crippen LogP contribution in [0.5, 0.6) is 0 Å². The van der Waals surface area contributed by atoms with E-state index in [0.717, 1.165) is 63.3 Å². The Morgan fingerprint density at radius 1 is 0.939 bits per heavy atom. The van der Waals surface area contributed by atoms with E-state index in [-0.39, 0.29) is 5.91 Å². The molecular weight excluding hydrogens is 426 g/mol. The number of ether oxygens (including phenoxy) is 2. The van der Waals surface area contributed by atoms with Crippen molar-refractivity contribution in [1.82, 2.24) is 30.0 Å². The second kappa shape index (κ2) is 10.3. The molecule has 0 saturated carbocycles. The number of nitrogens with zero attached hydrogens (tertiary/aromatic N) is 6. The summed E-state index contributed by atoms with van der Waals surface area (Å²) < 4.78 is 18.4. The minimum Gasteiger partial charge on any atom is -0.463 e. The van der Waals surface area contributed by atoms with Gasteiger partial charge in [-0.1, -0.05) is 0 Å². The van der Waals surface area contributed by atoms with Crippen LogP contribution >= 0.6 is 0 Å². The van der Waals surface area contributed by atoms with Gasteiger partial charge in [0.1, 0.15) is 17.3 Å². The Labute approximate surface area is 191 Å². The van der Waals surface area contributed by atoms with Crippen LogP contribution < -0.4 is 10.2 Å². The summed E-state index contributed by atoms with van der Waals surface area (Å²) in [5.74, 6) is 3.11. The topological polar surface area (TPSA) is 110 Å². The standard InChI is InChI=1S/C22H29N7O4/c30-22(23-15-17-1-2-18(33-17)16-27-7-11-31-12-8-27)6-5-20-25-24-19-3-4-21(26-29(19)20)28-9-13-32-14-10-28/h1-4H,5-16H2,(H,23,30). The largest absolute Gasteiger partial charge is 0.463 e. The van der Waals surface area contributed by atoms with Crippen LogP contribution in [-0.2, 0) is 33.8 Å². The van der Waals surface area contributed by atoms with E-state index in [1.807, 2.05) is 24.3 Å². The number of aromatic nitrogens is 4. The molecular formula is C22H29N7O4. The Bertz CT molecular complexity index is 1070. The molecule has 0 bridgehead atoms. The van der Waals surface area contributed by atoms with E-state index in [9.17, 15) is 4.79 Å². The average Bonchev–Trinajstić information content (AvgIpc) is 3.49. The summed E-state index contributed by atoms with van der Waals surface area (Å²) in [6.45, 7) is 7.46. The smallest absolute Gasteiger partial charge is 0.220 e. The number of rotatable bonds is 8. The minimum atomic E-state index is -0.0674. The van der Waals surface area contributed by atoms with Crippen molar-refractivity contribution in [2.24, 2.45) is 0 Å². The van der Waals surface area contributed by atoms with Crippen molar-refractivity contribution in [3.8, 4) is 0 Å². The molecule has 2 saturated heterocycles. The minimum absolute atomic E-state index is 0.0674. The van der Waals surface area contributed by atoms with Crippen LogP contribution in [0, 0.1) is 0 Å². The van der Waals surface area contributed by atoms with Crippen LogP contribution in [0.25, 0.3) is 5.65 Å². The van der Waals surface area contributed by atoms with Crippen LogP contribution in [0.3, 0.4) is 0 Å². The summed E-state index contributed by atoms with van der Waals surface area (Å²) in [4.78, 5) is 16.9. The van der Waals surface area contributed by atoms with Gasteiger partial charge < -0.3 is 24.1 Å². The highest BCUT2D eigenvalue weighted by Gasteiger charge is 2.16. The SMILES string of the molecule is O=C(CCc1nnc2ccc(N3CCOCC3)nn12)NCc1ccc(CN2CCOCC2)o1. The quantitative estimate of drug-likeness (QED) is 0.523. The van der Waals surface area contributed by atoms with Crippen LogP contribution in [0.15, 0.2) is 28.7 Å². The summed E-state index contributed by atoms with van der Waals surface area (Å²) in [5, 5.41) is 16.0. The molecule has 5 rings (SSSR count). The lowest BCUT2D eigenvalue weighted by Crippen LogP contribution is -2.37. The van der Waals surface area contributed by atoms with E-state index >= 15 is 0 Å². The van der Waals surface area contributed by atoms with E-state index in [1.54, 1.807) is 4.52 Å². The van der Waals surface area contributed by atoms with Gasteiger partial charge in [0, 0.05) is 39.0 Å². The zero-order chi connectivity index (χ0) is 22.5. The Morgan fingerprint density at radius 3 is 2.52 bits per heavy atom. The molecule has 33 heavy (non-hydrogen) atoms. The Morgan fingerprint density at radius 2 is 1.70 bits per heavy atom. The first-order valence-electron chi connectivity index (χ1n) is 11.4. The average molecular weight is 456 g/mol. The first kappa shape index (κ1) is 21.8. The second-order valence-corrected chi connectivity index (χ2v) is 8.21. The molecule has 2 aliphatic heterocycles. The van der Waals surface area contributed by atoms with Crippen LogP contribution in [-0.4, -0.2) is 83.2 Å². The van der Waals surface area contributed by atoms with Crippen molar-refractivity contribution in [3.63, 3.8) is 0 Å². The van der Waals surface area contributed by atoms with Crippen LogP contribution in [0.1, 0.15) is 23.8 Å². The normalized spacial score (nSPS) is 17.5. The first-order valence-corrected chi connectivity index (χ1v) is 11.4. The number of hydrogen-bond donors (Lipinski definition) is 1. The van der Waals surface area contributed by atoms with E-state index in [4.69, 9.17) is 13.9 Å². The molecule has 3 aromatic rings. The van der Waals surface area contributed by atoms with Crippen molar-refractivity contribution >= 4 is 17.4 Å². The van der Waals surface area contributed by atoms with Crippen molar-refractivity contribution in [2.45, 2.75) is 25.9 Å². The number of anilines is 1. The second-order valence-electron chi connectivity index (χ2n) is 8.21. The van der Waals surface area contributed by atoms with Crippen molar-refractivity contribution in [1.29, 1.82) is 0 Å². The van der Waals surface area contributed by atoms with Gasteiger partial charge in [-0.3, -0.25) is 9.69 Å². The molecule has 0 radical (unpaired) electrons. The predicted octanol–water partition coefficient (Wildman–Crippen LogP) is 0.635. The molecule has 1 amide bonds. The predicted molar refractivity (Wildman–Crippen MR) is 119 cm³/mol. The van der Waals surface area contributed by atoms with E-state index in [2.05, 4.69) is 30.4 Å². The molecule has 0 atom stereocenters. The lowest BCUT2D eigenvalue weighted by molar-refractivity contribution is -0.121. The summed E-state index contributed by atoms with van der Waals surface area (Å²) >= 11 is 0. The van der Waals surface area contributed by atoms with Crippen molar-refractivity contribution in [3.05, 3.63) is 41.6 Å². The molecule has 2 aliphatic rings. The number of amides is 1. The third-order valence-electron chi connectivity index (χ3n) is 5.88. The summed E-state index contributed by atoms with van der Waals surface area (Å²) in [5.41, 5.74) is 0.672. The number of carbonyl (C=O) groups is 1. The lowest BCUT2D eigenvalue weighted by atomic mass is 10.3. The van der Waals surface area contributed by atoms with E-state index in [0.29, 0.717) is 44.1 Å². The van der Waals surface area contributed by atoms with Gasteiger partial charge in [-0.2, -0.15) is 4.52 Å². The zero-order valence-electron chi connectivity index (χ0n) is 18.6. The number of fused-ring (bicyclic) bond motifs is 1. The fraction of sp³-hybridized carbons (Fsp3) is 0.545. The summed E-state index contributed by atoms with van der Waals surface area (Å²) in [6.07, 6.45) is 0.749. The molecule has 5 heterocycles. The van der Waals surface area contributed by atoms with Gasteiger partial charge in [-0.15, -0.1) is 15.3 Å². The summed E-state index contributed by atoms with van der Waals surface area (Å²) in [7, 11) is 0. The highest BCUT2D eigenvalue weighted by atomic mass is 16.5. The monoisotopic (exact) mass is 455 g/mol. The molecule has 1 N–H and O–H groups in total. The number of nitrogens with one attached hydrogen (secondary N) is 1.